The van der Waals surface area contributed by atoms with Crippen LogP contribution in [0.3, 0.4) is 0 Å². The van der Waals surface area contributed by atoms with Crippen molar-refractivity contribution in [2.45, 2.75) is 12.8 Å². The molecule has 0 aliphatic carbocycles. The van der Waals surface area contributed by atoms with E-state index in [1.807, 2.05) is 18.2 Å². The van der Waals surface area contributed by atoms with Gasteiger partial charge in [0.05, 0.1) is 6.20 Å². The van der Waals surface area contributed by atoms with Crippen LogP contribution < -0.4 is 10.2 Å². The fraction of sp³-hybridized carbons (Fsp3) is 0.286. The molecule has 3 rings (SSSR count). The summed E-state index contributed by atoms with van der Waals surface area (Å²) in [7, 11) is 1.81. The molecular weight excluding hydrogens is 240 g/mol. The Bertz CT molecular complexity index is 605. The highest BCUT2D eigenvalue weighted by molar-refractivity contribution is 6.02. The predicted octanol–water partition coefficient (Wildman–Crippen LogP) is 2.40. The van der Waals surface area contributed by atoms with Crippen LogP contribution in [0.5, 0.6) is 0 Å². The van der Waals surface area contributed by atoms with Crippen molar-refractivity contribution in [3.05, 3.63) is 42.1 Å². The Morgan fingerprint density at radius 3 is 2.95 bits per heavy atom. The molecule has 1 aromatic heterocycles. The van der Waals surface area contributed by atoms with Crippen LogP contribution in [0.1, 0.15) is 12.0 Å². The van der Waals surface area contributed by atoms with Gasteiger partial charge in [0.15, 0.2) is 0 Å². The number of urea groups is 1. The molecule has 0 fully saturated rings. The summed E-state index contributed by atoms with van der Waals surface area (Å²) >= 11 is 0. The minimum atomic E-state index is -0.101. The number of benzene rings is 1. The summed E-state index contributed by atoms with van der Waals surface area (Å²) in [5.74, 6) is 0.702. The third-order valence-corrected chi connectivity index (χ3v) is 3.41. The zero-order valence-electron chi connectivity index (χ0n) is 10.8. The third kappa shape index (κ3) is 2.19. The number of aryl methyl sites for hydroxylation is 2. The second kappa shape index (κ2) is 4.76. The van der Waals surface area contributed by atoms with Crippen molar-refractivity contribution in [1.82, 2.24) is 9.78 Å². The lowest BCUT2D eigenvalue weighted by atomic mass is 10.0. The normalized spacial score (nSPS) is 14.1. The number of carbonyl (C=O) groups is 1. The Morgan fingerprint density at radius 1 is 1.32 bits per heavy atom. The van der Waals surface area contributed by atoms with Crippen LogP contribution in [-0.2, 0) is 13.5 Å². The Balaban J connectivity index is 1.84. The first-order valence-corrected chi connectivity index (χ1v) is 6.40. The van der Waals surface area contributed by atoms with E-state index in [9.17, 15) is 4.79 Å². The SMILES string of the molecule is Cn1nccc1NC(=O)N1CCCc2ccccc21. The van der Waals surface area contributed by atoms with E-state index >= 15 is 0 Å². The van der Waals surface area contributed by atoms with Gasteiger partial charge in [0.2, 0.25) is 0 Å². The molecular formula is C14H16N4O. The summed E-state index contributed by atoms with van der Waals surface area (Å²) in [4.78, 5) is 14.2. The number of hydrogen-bond donors (Lipinski definition) is 1. The lowest BCUT2D eigenvalue weighted by molar-refractivity contribution is 0.256. The Hall–Kier alpha value is -2.30. The van der Waals surface area contributed by atoms with Gasteiger partial charge in [-0.3, -0.25) is 14.9 Å². The van der Waals surface area contributed by atoms with E-state index in [4.69, 9.17) is 0 Å². The molecule has 5 heteroatoms. The van der Waals surface area contributed by atoms with Crippen LogP contribution in [0.4, 0.5) is 16.3 Å². The zero-order valence-corrected chi connectivity index (χ0v) is 10.8. The second-order valence-electron chi connectivity index (χ2n) is 4.65. The van der Waals surface area contributed by atoms with Crippen LogP contribution in [0.15, 0.2) is 36.5 Å². The van der Waals surface area contributed by atoms with E-state index < -0.39 is 0 Å². The molecule has 2 aromatic rings. The topological polar surface area (TPSA) is 50.2 Å². The van der Waals surface area contributed by atoms with Crippen LogP contribution in [-0.4, -0.2) is 22.4 Å². The average Bonchev–Trinajstić information content (AvgIpc) is 2.83. The van der Waals surface area contributed by atoms with Gasteiger partial charge in [-0.25, -0.2) is 4.79 Å². The molecule has 98 valence electrons. The molecule has 19 heavy (non-hydrogen) atoms. The Kier molecular flexibility index (Phi) is 2.95. The molecule has 0 atom stereocenters. The van der Waals surface area contributed by atoms with E-state index in [1.165, 1.54) is 5.56 Å². The highest BCUT2D eigenvalue weighted by Gasteiger charge is 2.22. The first kappa shape index (κ1) is 11.8. The maximum absolute atomic E-state index is 12.4. The number of fused-ring (bicyclic) bond motifs is 1. The van der Waals surface area contributed by atoms with Gasteiger partial charge in [-0.2, -0.15) is 5.10 Å². The molecule has 1 N–H and O–H groups in total. The molecule has 1 aromatic carbocycles. The van der Waals surface area contributed by atoms with Crippen molar-refractivity contribution in [2.24, 2.45) is 7.05 Å². The first-order chi connectivity index (χ1) is 9.25. The van der Waals surface area contributed by atoms with Gasteiger partial charge in [0.25, 0.3) is 0 Å². The summed E-state index contributed by atoms with van der Waals surface area (Å²) in [5.41, 5.74) is 2.24. The van der Waals surface area contributed by atoms with Gasteiger partial charge in [-0.05, 0) is 24.5 Å². The molecule has 0 spiro atoms. The zero-order chi connectivity index (χ0) is 13.2. The summed E-state index contributed by atoms with van der Waals surface area (Å²) in [5, 5.41) is 6.93. The third-order valence-electron chi connectivity index (χ3n) is 3.41. The molecule has 5 nitrogen and oxygen atoms in total. The standard InChI is InChI=1S/C14H16N4O/c1-17-13(8-9-15-17)16-14(19)18-10-4-6-11-5-2-3-7-12(11)18/h2-3,5,7-9H,4,6,10H2,1H3,(H,16,19). The monoisotopic (exact) mass is 256 g/mol. The Morgan fingerprint density at radius 2 is 2.16 bits per heavy atom. The molecule has 2 heterocycles. The van der Waals surface area contributed by atoms with Gasteiger partial charge in [-0.1, -0.05) is 18.2 Å². The molecule has 0 radical (unpaired) electrons. The molecule has 2 amide bonds. The molecule has 1 aliphatic rings. The second-order valence-corrected chi connectivity index (χ2v) is 4.65. The van der Waals surface area contributed by atoms with Gasteiger partial charge in [0, 0.05) is 25.3 Å². The van der Waals surface area contributed by atoms with Crippen molar-refractivity contribution in [3.63, 3.8) is 0 Å². The van der Waals surface area contributed by atoms with Crippen molar-refractivity contribution in [3.8, 4) is 0 Å². The number of anilines is 2. The first-order valence-electron chi connectivity index (χ1n) is 6.40. The fourth-order valence-electron chi connectivity index (χ4n) is 2.42. The fourth-order valence-corrected chi connectivity index (χ4v) is 2.42. The molecule has 0 saturated carbocycles. The smallest absolute Gasteiger partial charge is 0.294 e. The number of aromatic nitrogens is 2. The maximum Gasteiger partial charge on any atom is 0.327 e. The van der Waals surface area contributed by atoms with Crippen LogP contribution >= 0.6 is 0 Å². The summed E-state index contributed by atoms with van der Waals surface area (Å²) < 4.78 is 1.65. The predicted molar refractivity (Wildman–Crippen MR) is 74.3 cm³/mol. The van der Waals surface area contributed by atoms with Gasteiger partial charge < -0.3 is 0 Å². The largest absolute Gasteiger partial charge is 0.327 e. The highest BCUT2D eigenvalue weighted by atomic mass is 16.2. The lowest BCUT2D eigenvalue weighted by Gasteiger charge is -2.29. The summed E-state index contributed by atoms with van der Waals surface area (Å²) in [6.07, 6.45) is 3.70. The van der Waals surface area contributed by atoms with E-state index in [-0.39, 0.29) is 6.03 Å². The highest BCUT2D eigenvalue weighted by Crippen LogP contribution is 2.27. The minimum Gasteiger partial charge on any atom is -0.294 e. The molecule has 0 bridgehead atoms. The summed E-state index contributed by atoms with van der Waals surface area (Å²) in [6.45, 7) is 0.751. The van der Waals surface area contributed by atoms with E-state index in [0.29, 0.717) is 5.82 Å². The number of carbonyl (C=O) groups excluding carboxylic acids is 1. The number of hydrogen-bond acceptors (Lipinski definition) is 2. The van der Waals surface area contributed by atoms with Crippen molar-refractivity contribution in [1.29, 1.82) is 0 Å². The number of para-hydroxylation sites is 1. The lowest BCUT2D eigenvalue weighted by Crippen LogP contribution is -2.39. The minimum absolute atomic E-state index is 0.101. The molecule has 1 aliphatic heterocycles. The van der Waals surface area contributed by atoms with Crippen LogP contribution in [0, 0.1) is 0 Å². The van der Waals surface area contributed by atoms with Crippen LogP contribution in [0.2, 0.25) is 0 Å². The number of amides is 2. The van der Waals surface area contributed by atoms with Crippen molar-refractivity contribution in [2.75, 3.05) is 16.8 Å². The van der Waals surface area contributed by atoms with Crippen molar-refractivity contribution < 1.29 is 4.79 Å². The molecule has 0 unspecified atom stereocenters. The number of nitrogens with one attached hydrogen (secondary N) is 1. The van der Waals surface area contributed by atoms with E-state index in [2.05, 4.69) is 16.5 Å². The van der Waals surface area contributed by atoms with Gasteiger partial charge in [0.1, 0.15) is 5.82 Å². The van der Waals surface area contributed by atoms with Crippen LogP contribution in [0.25, 0.3) is 0 Å². The van der Waals surface area contributed by atoms with Gasteiger partial charge in [-0.15, -0.1) is 0 Å². The molecule has 0 saturated heterocycles. The summed E-state index contributed by atoms with van der Waals surface area (Å²) in [6, 6.07) is 9.75. The average molecular weight is 256 g/mol. The maximum atomic E-state index is 12.4. The van der Waals surface area contributed by atoms with Gasteiger partial charge >= 0.3 is 6.03 Å². The number of rotatable bonds is 1. The number of nitrogens with zero attached hydrogens (tertiary/aromatic N) is 3. The van der Waals surface area contributed by atoms with E-state index in [0.717, 1.165) is 25.1 Å². The Labute approximate surface area is 111 Å². The van der Waals surface area contributed by atoms with E-state index in [1.54, 1.807) is 28.9 Å². The quantitative estimate of drug-likeness (QED) is 0.851. The van der Waals surface area contributed by atoms with Crippen molar-refractivity contribution >= 4 is 17.5 Å².